The number of amides is 2. The van der Waals surface area contributed by atoms with Crippen LogP contribution in [0.5, 0.6) is 11.5 Å². The van der Waals surface area contributed by atoms with Gasteiger partial charge in [0.2, 0.25) is 28.6 Å². The molecule has 0 bridgehead atoms. The van der Waals surface area contributed by atoms with E-state index in [1.54, 1.807) is 25.1 Å². The van der Waals surface area contributed by atoms with Gasteiger partial charge in [-0.25, -0.2) is 8.42 Å². The molecule has 0 aromatic heterocycles. The smallest absolute Gasteiger partial charge is 0.242 e. The van der Waals surface area contributed by atoms with Gasteiger partial charge in [-0.1, -0.05) is 28.1 Å². The van der Waals surface area contributed by atoms with E-state index in [-0.39, 0.29) is 44.5 Å². The second-order valence-corrected chi connectivity index (χ2v) is 12.9. The van der Waals surface area contributed by atoms with E-state index in [0.29, 0.717) is 17.2 Å². The van der Waals surface area contributed by atoms with E-state index < -0.39 is 21.6 Å². The Morgan fingerprint density at radius 2 is 1.73 bits per heavy atom. The Kier molecular flexibility index (Phi) is 9.12. The van der Waals surface area contributed by atoms with Crippen LogP contribution in [0.3, 0.4) is 0 Å². The highest BCUT2D eigenvalue weighted by atomic mass is 79.9. The van der Waals surface area contributed by atoms with Gasteiger partial charge in [0.15, 0.2) is 11.5 Å². The standard InChI is InChI=1S/C26H34BrN3O6S/c1-18(25(32)28-26(2,3)4)29(16-19-8-10-20(27)11-9-19)24(31)7-6-14-30(37(5,33)34)21-12-13-22-23(15-21)36-17-35-22/h8-13,15,18H,6-7,14,16-17H2,1-5H3,(H,28,32)/t18-/m1/s1. The van der Waals surface area contributed by atoms with Crippen LogP contribution in [0, 0.1) is 0 Å². The molecule has 9 nitrogen and oxygen atoms in total. The first-order valence-electron chi connectivity index (χ1n) is 12.0. The van der Waals surface area contributed by atoms with Crippen LogP contribution >= 0.6 is 15.9 Å². The highest BCUT2D eigenvalue weighted by molar-refractivity contribution is 9.10. The van der Waals surface area contributed by atoms with Crippen LogP contribution in [0.25, 0.3) is 0 Å². The molecule has 0 saturated carbocycles. The topological polar surface area (TPSA) is 105 Å². The molecule has 0 aliphatic carbocycles. The lowest BCUT2D eigenvalue weighted by molar-refractivity contribution is -0.141. The van der Waals surface area contributed by atoms with Gasteiger partial charge in [0.25, 0.3) is 0 Å². The van der Waals surface area contributed by atoms with Crippen LogP contribution < -0.4 is 19.1 Å². The van der Waals surface area contributed by atoms with Crippen molar-refractivity contribution in [3.05, 3.63) is 52.5 Å². The van der Waals surface area contributed by atoms with Gasteiger partial charge < -0.3 is 19.7 Å². The zero-order chi connectivity index (χ0) is 27.4. The second kappa shape index (κ2) is 11.7. The number of sulfonamides is 1. The first-order valence-corrected chi connectivity index (χ1v) is 14.6. The number of hydrogen-bond donors (Lipinski definition) is 1. The summed E-state index contributed by atoms with van der Waals surface area (Å²) in [6.07, 6.45) is 1.46. The van der Waals surface area contributed by atoms with E-state index in [9.17, 15) is 18.0 Å². The molecule has 11 heteroatoms. The van der Waals surface area contributed by atoms with Crippen LogP contribution in [0.2, 0.25) is 0 Å². The SMILES string of the molecule is C[C@H](C(=O)NC(C)(C)C)N(Cc1ccc(Br)cc1)C(=O)CCCN(c1ccc2c(c1)OCO2)S(C)(=O)=O. The first-order chi connectivity index (χ1) is 17.2. The molecule has 3 rings (SSSR count). The molecule has 202 valence electrons. The first kappa shape index (κ1) is 28.8. The molecular formula is C26H34BrN3O6S. The Morgan fingerprint density at radius 1 is 1.08 bits per heavy atom. The van der Waals surface area contributed by atoms with Gasteiger partial charge in [0.05, 0.1) is 11.9 Å². The van der Waals surface area contributed by atoms with Crippen molar-refractivity contribution in [3.63, 3.8) is 0 Å². The van der Waals surface area contributed by atoms with Crippen molar-refractivity contribution in [1.82, 2.24) is 10.2 Å². The summed E-state index contributed by atoms with van der Waals surface area (Å²) in [6, 6.07) is 11.8. The van der Waals surface area contributed by atoms with Crippen LogP contribution in [-0.4, -0.2) is 56.3 Å². The van der Waals surface area contributed by atoms with Crippen molar-refractivity contribution < 1.29 is 27.5 Å². The number of carbonyl (C=O) groups excluding carboxylic acids is 2. The molecule has 0 saturated heterocycles. The maximum absolute atomic E-state index is 13.4. The van der Waals surface area contributed by atoms with E-state index in [1.165, 1.54) is 9.21 Å². The fourth-order valence-corrected chi connectivity index (χ4v) is 5.11. The minimum absolute atomic E-state index is 0.0697. The highest BCUT2D eigenvalue weighted by Crippen LogP contribution is 2.36. The van der Waals surface area contributed by atoms with E-state index in [1.807, 2.05) is 45.0 Å². The zero-order valence-electron chi connectivity index (χ0n) is 21.8. The number of carbonyl (C=O) groups is 2. The van der Waals surface area contributed by atoms with Crippen molar-refractivity contribution in [2.45, 2.75) is 58.7 Å². The van der Waals surface area contributed by atoms with Gasteiger partial charge in [-0.05, 0) is 63.9 Å². The van der Waals surface area contributed by atoms with E-state index >= 15 is 0 Å². The normalized spacial score (nSPS) is 13.7. The van der Waals surface area contributed by atoms with E-state index in [4.69, 9.17) is 9.47 Å². The lowest BCUT2D eigenvalue weighted by Crippen LogP contribution is -2.52. The Balaban J connectivity index is 1.74. The predicted octanol–water partition coefficient (Wildman–Crippen LogP) is 4.06. The van der Waals surface area contributed by atoms with Gasteiger partial charge in [0.1, 0.15) is 6.04 Å². The maximum atomic E-state index is 13.4. The lowest BCUT2D eigenvalue weighted by Gasteiger charge is -2.32. The fourth-order valence-electron chi connectivity index (χ4n) is 3.89. The summed E-state index contributed by atoms with van der Waals surface area (Å²) in [5.41, 5.74) is 0.868. The highest BCUT2D eigenvalue weighted by Gasteiger charge is 2.29. The van der Waals surface area contributed by atoms with Crippen molar-refractivity contribution in [2.75, 3.05) is 23.9 Å². The Morgan fingerprint density at radius 3 is 2.35 bits per heavy atom. The predicted molar refractivity (Wildman–Crippen MR) is 146 cm³/mol. The Bertz CT molecular complexity index is 1230. The summed E-state index contributed by atoms with van der Waals surface area (Å²) in [5, 5.41) is 2.94. The van der Waals surface area contributed by atoms with E-state index in [2.05, 4.69) is 21.2 Å². The average Bonchev–Trinajstić information content (AvgIpc) is 3.27. The summed E-state index contributed by atoms with van der Waals surface area (Å²) >= 11 is 3.41. The monoisotopic (exact) mass is 595 g/mol. The van der Waals surface area contributed by atoms with Crippen molar-refractivity contribution in [3.8, 4) is 11.5 Å². The number of halogens is 1. The molecule has 0 spiro atoms. The average molecular weight is 597 g/mol. The number of benzene rings is 2. The Labute approximate surface area is 227 Å². The summed E-state index contributed by atoms with van der Waals surface area (Å²) in [6.45, 7) is 7.79. The van der Waals surface area contributed by atoms with Crippen LogP contribution in [0.4, 0.5) is 5.69 Å². The van der Waals surface area contributed by atoms with Crippen LogP contribution in [0.15, 0.2) is 46.9 Å². The second-order valence-electron chi connectivity index (χ2n) is 10.0. The number of nitrogens with one attached hydrogen (secondary N) is 1. The van der Waals surface area contributed by atoms with Crippen LogP contribution in [0.1, 0.15) is 46.1 Å². The molecule has 1 aliphatic heterocycles. The van der Waals surface area contributed by atoms with E-state index in [0.717, 1.165) is 16.3 Å². The van der Waals surface area contributed by atoms with Gasteiger partial charge in [0, 0.05) is 35.6 Å². The molecule has 1 heterocycles. The molecule has 1 aliphatic rings. The third kappa shape index (κ3) is 8.10. The molecule has 2 aromatic carbocycles. The number of ether oxygens (including phenoxy) is 2. The molecule has 2 aromatic rings. The minimum atomic E-state index is -3.61. The zero-order valence-corrected chi connectivity index (χ0v) is 24.2. The quantitative estimate of drug-likeness (QED) is 0.444. The van der Waals surface area contributed by atoms with Gasteiger partial charge in [-0.15, -0.1) is 0 Å². The van der Waals surface area contributed by atoms with Crippen molar-refractivity contribution in [1.29, 1.82) is 0 Å². The number of rotatable bonds is 10. The molecule has 37 heavy (non-hydrogen) atoms. The summed E-state index contributed by atoms with van der Waals surface area (Å²) in [7, 11) is -3.61. The number of anilines is 1. The molecule has 1 N–H and O–H groups in total. The molecular weight excluding hydrogens is 562 g/mol. The summed E-state index contributed by atoms with van der Waals surface area (Å²) < 4.78 is 37.9. The lowest BCUT2D eigenvalue weighted by atomic mass is 10.1. The Hall–Kier alpha value is -2.79. The van der Waals surface area contributed by atoms with Crippen molar-refractivity contribution in [2.24, 2.45) is 0 Å². The van der Waals surface area contributed by atoms with Gasteiger partial charge in [-0.3, -0.25) is 13.9 Å². The number of fused-ring (bicyclic) bond motifs is 1. The fraction of sp³-hybridized carbons (Fsp3) is 0.462. The molecule has 0 radical (unpaired) electrons. The number of hydrogen-bond acceptors (Lipinski definition) is 6. The summed E-state index contributed by atoms with van der Waals surface area (Å²) in [5.74, 6) is 0.537. The largest absolute Gasteiger partial charge is 0.454 e. The van der Waals surface area contributed by atoms with Gasteiger partial charge >= 0.3 is 0 Å². The molecule has 0 fully saturated rings. The molecule has 1 atom stereocenters. The third-order valence-electron chi connectivity index (χ3n) is 5.73. The third-order valence-corrected chi connectivity index (χ3v) is 7.45. The van der Waals surface area contributed by atoms with Crippen molar-refractivity contribution >= 4 is 43.5 Å². The summed E-state index contributed by atoms with van der Waals surface area (Å²) in [4.78, 5) is 27.8. The maximum Gasteiger partial charge on any atom is 0.242 e. The minimum Gasteiger partial charge on any atom is -0.454 e. The van der Waals surface area contributed by atoms with Gasteiger partial charge in [-0.2, -0.15) is 0 Å². The van der Waals surface area contributed by atoms with Crippen LogP contribution in [-0.2, 0) is 26.2 Å². The number of nitrogens with zero attached hydrogens (tertiary/aromatic N) is 2. The molecule has 2 amide bonds. The molecule has 0 unspecified atom stereocenters.